The van der Waals surface area contributed by atoms with Crippen molar-refractivity contribution in [3.8, 4) is 11.1 Å². The summed E-state index contributed by atoms with van der Waals surface area (Å²) in [4.78, 5) is 2.28. The molecular weight excluding hydrogens is 574 g/mol. The molecule has 0 saturated heterocycles. The molecule has 3 heteroatoms. The smallest absolute Gasteiger partial charge is 0.159 e. The molecule has 47 heavy (non-hydrogen) atoms. The Balaban J connectivity index is 1.21. The first kappa shape index (κ1) is 26.0. The molecule has 0 unspecified atom stereocenters. The number of hydrogen-bond acceptors (Lipinski definition) is 3. The third kappa shape index (κ3) is 3.93. The maximum absolute atomic E-state index is 6.59. The van der Waals surface area contributed by atoms with Gasteiger partial charge in [-0.05, 0) is 75.1 Å². The molecule has 0 amide bonds. The highest BCUT2D eigenvalue weighted by molar-refractivity contribution is 6.15. The van der Waals surface area contributed by atoms with Crippen molar-refractivity contribution in [2.24, 2.45) is 0 Å². The van der Waals surface area contributed by atoms with Gasteiger partial charge < -0.3 is 13.7 Å². The summed E-state index contributed by atoms with van der Waals surface area (Å²) < 4.78 is 13.2. The molecule has 0 bridgehead atoms. The molecule has 220 valence electrons. The number of furan rings is 2. The molecule has 2 aromatic heterocycles. The highest BCUT2D eigenvalue weighted by Crippen LogP contribution is 2.46. The Morgan fingerprint density at radius 3 is 1.47 bits per heavy atom. The van der Waals surface area contributed by atoms with Gasteiger partial charge in [0.15, 0.2) is 11.2 Å². The minimum Gasteiger partial charge on any atom is -0.454 e. The van der Waals surface area contributed by atoms with Gasteiger partial charge in [-0.3, -0.25) is 0 Å². The van der Waals surface area contributed by atoms with Crippen molar-refractivity contribution in [3.63, 3.8) is 0 Å². The van der Waals surface area contributed by atoms with Crippen LogP contribution < -0.4 is 4.90 Å². The molecule has 3 nitrogen and oxygen atoms in total. The van der Waals surface area contributed by atoms with Crippen LogP contribution >= 0.6 is 0 Å². The Labute approximate surface area is 270 Å². The molecule has 0 saturated carbocycles. The average Bonchev–Trinajstić information content (AvgIpc) is 3.71. The van der Waals surface area contributed by atoms with Gasteiger partial charge in [-0.15, -0.1) is 0 Å². The molecule has 8 aromatic carbocycles. The largest absolute Gasteiger partial charge is 0.454 e. The van der Waals surface area contributed by atoms with Crippen LogP contribution in [0, 0.1) is 0 Å². The third-order valence-electron chi connectivity index (χ3n) is 9.45. The zero-order valence-corrected chi connectivity index (χ0v) is 25.4. The predicted molar refractivity (Wildman–Crippen MR) is 196 cm³/mol. The first-order valence-electron chi connectivity index (χ1n) is 15.9. The lowest BCUT2D eigenvalue weighted by Crippen LogP contribution is -2.10. The molecule has 0 aliphatic rings. The standard InChI is InChI=1S/C44H27NO2/c1-2-12-31-29(11-1)27-38(33-14-4-3-13-32(31)33)28-23-25-30(26-24-28)45(39-19-9-17-36-34-15-5-7-21-41(34)46-43(36)39)40-20-10-18-37-35-16-6-8-22-42(35)47-44(37)40/h1-27H. The second-order valence-electron chi connectivity index (χ2n) is 12.1. The highest BCUT2D eigenvalue weighted by Gasteiger charge is 2.23. The fourth-order valence-corrected chi connectivity index (χ4v) is 7.31. The third-order valence-corrected chi connectivity index (χ3v) is 9.45. The molecule has 2 heterocycles. The van der Waals surface area contributed by atoms with Gasteiger partial charge >= 0.3 is 0 Å². The van der Waals surface area contributed by atoms with E-state index >= 15 is 0 Å². The summed E-state index contributed by atoms with van der Waals surface area (Å²) in [6, 6.07) is 57.8. The van der Waals surface area contributed by atoms with Crippen LogP contribution in [0.1, 0.15) is 0 Å². The van der Waals surface area contributed by atoms with E-state index in [9.17, 15) is 0 Å². The average molecular weight is 602 g/mol. The van der Waals surface area contributed by atoms with Crippen LogP contribution in [0.25, 0.3) is 76.5 Å². The fraction of sp³-hybridized carbons (Fsp3) is 0. The molecule has 0 spiro atoms. The zero-order chi connectivity index (χ0) is 30.9. The molecule has 0 aliphatic carbocycles. The van der Waals surface area contributed by atoms with Crippen LogP contribution in [0.2, 0.25) is 0 Å². The number of rotatable bonds is 4. The van der Waals surface area contributed by atoms with Gasteiger partial charge in [0.2, 0.25) is 0 Å². The van der Waals surface area contributed by atoms with Crippen molar-refractivity contribution >= 4 is 82.5 Å². The minimum atomic E-state index is 0.839. The summed E-state index contributed by atoms with van der Waals surface area (Å²) in [5, 5.41) is 9.38. The van der Waals surface area contributed by atoms with Gasteiger partial charge in [-0.1, -0.05) is 121 Å². The fourth-order valence-electron chi connectivity index (χ4n) is 7.31. The van der Waals surface area contributed by atoms with E-state index < -0.39 is 0 Å². The van der Waals surface area contributed by atoms with Crippen molar-refractivity contribution in [2.75, 3.05) is 4.90 Å². The summed E-state index contributed by atoms with van der Waals surface area (Å²) in [5.41, 5.74) is 8.73. The SMILES string of the molecule is c1ccc2c(c1)cc(-c1ccc(N(c3cccc4c3oc3ccccc34)c3cccc4c3oc3ccccc34)cc1)c1ccccc12. The van der Waals surface area contributed by atoms with Crippen molar-refractivity contribution in [3.05, 3.63) is 164 Å². The van der Waals surface area contributed by atoms with Crippen LogP contribution in [0.3, 0.4) is 0 Å². The quantitative estimate of drug-likeness (QED) is 0.188. The Bertz CT molecular complexity index is 2690. The second kappa shape index (κ2) is 10.1. The van der Waals surface area contributed by atoms with Gasteiger partial charge in [-0.2, -0.15) is 0 Å². The van der Waals surface area contributed by atoms with Crippen LogP contribution in [-0.4, -0.2) is 0 Å². The van der Waals surface area contributed by atoms with Crippen molar-refractivity contribution < 1.29 is 8.83 Å². The molecule has 0 aliphatic heterocycles. The molecule has 0 N–H and O–H groups in total. The maximum atomic E-state index is 6.59. The molecule has 0 fully saturated rings. The number of para-hydroxylation sites is 4. The van der Waals surface area contributed by atoms with Crippen LogP contribution in [0.15, 0.2) is 173 Å². The summed E-state index contributed by atoms with van der Waals surface area (Å²) in [5.74, 6) is 0. The lowest BCUT2D eigenvalue weighted by atomic mass is 9.93. The number of nitrogens with zero attached hydrogens (tertiary/aromatic N) is 1. The predicted octanol–water partition coefficient (Wildman–Crippen LogP) is 12.9. The molecule has 0 atom stereocenters. The molecule has 0 radical (unpaired) electrons. The Hall–Kier alpha value is -6.32. The topological polar surface area (TPSA) is 29.5 Å². The van der Waals surface area contributed by atoms with E-state index in [2.05, 4.69) is 144 Å². The van der Waals surface area contributed by atoms with E-state index in [-0.39, 0.29) is 0 Å². The summed E-state index contributed by atoms with van der Waals surface area (Å²) in [6.07, 6.45) is 0. The second-order valence-corrected chi connectivity index (χ2v) is 12.1. The van der Waals surface area contributed by atoms with Crippen molar-refractivity contribution in [1.29, 1.82) is 0 Å². The van der Waals surface area contributed by atoms with Gasteiger partial charge in [0.25, 0.3) is 0 Å². The number of anilines is 3. The Morgan fingerprint density at radius 1 is 0.362 bits per heavy atom. The minimum absolute atomic E-state index is 0.839. The molecule has 10 aromatic rings. The normalized spacial score (nSPS) is 11.8. The van der Waals surface area contributed by atoms with Gasteiger partial charge in [-0.25, -0.2) is 0 Å². The number of benzene rings is 8. The zero-order valence-electron chi connectivity index (χ0n) is 25.4. The Morgan fingerprint density at radius 2 is 0.851 bits per heavy atom. The van der Waals surface area contributed by atoms with Crippen molar-refractivity contribution in [1.82, 2.24) is 0 Å². The van der Waals surface area contributed by atoms with E-state index in [1.807, 2.05) is 24.3 Å². The van der Waals surface area contributed by atoms with Crippen molar-refractivity contribution in [2.45, 2.75) is 0 Å². The number of hydrogen-bond donors (Lipinski definition) is 0. The van der Waals surface area contributed by atoms with Gasteiger partial charge in [0.05, 0.1) is 11.4 Å². The van der Waals surface area contributed by atoms with Crippen LogP contribution in [-0.2, 0) is 0 Å². The van der Waals surface area contributed by atoms with E-state index in [1.54, 1.807) is 0 Å². The van der Waals surface area contributed by atoms with Gasteiger partial charge in [0.1, 0.15) is 11.2 Å². The summed E-state index contributed by atoms with van der Waals surface area (Å²) in [6.45, 7) is 0. The van der Waals surface area contributed by atoms with Crippen LogP contribution in [0.5, 0.6) is 0 Å². The lowest BCUT2D eigenvalue weighted by Gasteiger charge is -2.26. The molecular formula is C44H27NO2. The van der Waals surface area contributed by atoms with E-state index in [0.29, 0.717) is 0 Å². The molecule has 10 rings (SSSR count). The van der Waals surface area contributed by atoms with E-state index in [1.165, 1.54) is 32.7 Å². The van der Waals surface area contributed by atoms with Crippen LogP contribution in [0.4, 0.5) is 17.1 Å². The summed E-state index contributed by atoms with van der Waals surface area (Å²) in [7, 11) is 0. The lowest BCUT2D eigenvalue weighted by molar-refractivity contribution is 0.666. The highest BCUT2D eigenvalue weighted by atomic mass is 16.3. The van der Waals surface area contributed by atoms with E-state index in [4.69, 9.17) is 8.83 Å². The first-order valence-corrected chi connectivity index (χ1v) is 15.9. The Kier molecular flexibility index (Phi) is 5.57. The summed E-state index contributed by atoms with van der Waals surface area (Å²) >= 11 is 0. The van der Waals surface area contributed by atoms with Gasteiger partial charge in [0, 0.05) is 27.2 Å². The first-order chi connectivity index (χ1) is 23.3. The van der Waals surface area contributed by atoms with E-state index in [0.717, 1.165) is 60.9 Å². The maximum Gasteiger partial charge on any atom is 0.159 e. The monoisotopic (exact) mass is 601 g/mol. The number of fused-ring (bicyclic) bond motifs is 9.